The minimum absolute atomic E-state index is 0.241. The van der Waals surface area contributed by atoms with Crippen LogP contribution in [0, 0.1) is 0 Å². The van der Waals surface area contributed by atoms with E-state index in [4.69, 9.17) is 4.74 Å². The summed E-state index contributed by atoms with van der Waals surface area (Å²) in [5.74, 6) is -1.22. The number of amides is 2. The molecule has 2 amide bonds. The monoisotopic (exact) mass is 478 g/mol. The summed E-state index contributed by atoms with van der Waals surface area (Å²) in [6.07, 6.45) is 1.31. The second-order valence-electron chi connectivity index (χ2n) is 9.57. The number of aromatic nitrogens is 1. The van der Waals surface area contributed by atoms with Gasteiger partial charge < -0.3 is 25.0 Å². The van der Waals surface area contributed by atoms with Gasteiger partial charge in [-0.1, -0.05) is 18.2 Å². The number of piperazine rings is 1. The van der Waals surface area contributed by atoms with Crippen molar-refractivity contribution in [2.75, 3.05) is 31.5 Å². The Balaban J connectivity index is 1.52. The van der Waals surface area contributed by atoms with Gasteiger partial charge in [-0.3, -0.25) is 14.5 Å². The number of hydrogen-bond donors (Lipinski definition) is 3. The topological polar surface area (TPSA) is 115 Å². The molecule has 0 radical (unpaired) electrons. The predicted octanol–water partition coefficient (Wildman–Crippen LogP) is 4.10. The molecule has 0 aliphatic carbocycles. The lowest BCUT2D eigenvalue weighted by molar-refractivity contribution is -0.144. The van der Waals surface area contributed by atoms with Gasteiger partial charge in [0.25, 0.3) is 5.91 Å². The molecule has 9 heteroatoms. The number of nitrogens with zero attached hydrogens (tertiary/aromatic N) is 2. The molecule has 2 aromatic carbocycles. The number of aliphatic carboxylic acids is 1. The first-order chi connectivity index (χ1) is 16.6. The summed E-state index contributed by atoms with van der Waals surface area (Å²) in [5, 5.41) is 13.7. The molecule has 35 heavy (non-hydrogen) atoms. The molecule has 0 saturated carbocycles. The third kappa shape index (κ3) is 5.63. The molecule has 1 saturated heterocycles. The molecule has 4 rings (SSSR count). The molecule has 1 atom stereocenters. The maximum atomic E-state index is 12.6. The SMILES string of the molecule is CC(C)(C)OC(=O)N1CCN(C(C(=O)O)c2c[nH]c3ccc(NC(=O)c4ccccc4)cc23)CC1. The third-order valence-corrected chi connectivity index (χ3v) is 5.87. The van der Waals surface area contributed by atoms with Crippen LogP contribution in [0.15, 0.2) is 54.7 Å². The van der Waals surface area contributed by atoms with Crippen LogP contribution in [0.3, 0.4) is 0 Å². The van der Waals surface area contributed by atoms with Crippen LogP contribution in [0.4, 0.5) is 10.5 Å². The number of carboxylic acids is 1. The van der Waals surface area contributed by atoms with Crippen molar-refractivity contribution >= 4 is 34.6 Å². The number of carbonyl (C=O) groups is 3. The number of fused-ring (bicyclic) bond motifs is 1. The number of anilines is 1. The average molecular weight is 479 g/mol. The molecular formula is C26H30N4O5. The van der Waals surface area contributed by atoms with Crippen LogP contribution in [-0.2, 0) is 9.53 Å². The fourth-order valence-corrected chi connectivity index (χ4v) is 4.21. The highest BCUT2D eigenvalue weighted by Gasteiger charge is 2.34. The highest BCUT2D eigenvalue weighted by atomic mass is 16.6. The standard InChI is InChI=1S/C26H30N4O5/c1-26(2,3)35-25(34)30-13-11-29(12-14-30)22(24(32)33)20-16-27-21-10-9-18(15-19(20)21)28-23(31)17-7-5-4-6-8-17/h4-10,15-16,22,27H,11-14H2,1-3H3,(H,28,31)(H,32,33). The van der Waals surface area contributed by atoms with Crippen LogP contribution in [0.1, 0.15) is 42.7 Å². The van der Waals surface area contributed by atoms with E-state index in [1.807, 2.05) is 37.8 Å². The molecule has 1 aromatic heterocycles. The number of rotatable bonds is 5. The Kier molecular flexibility index (Phi) is 6.79. The lowest BCUT2D eigenvalue weighted by Crippen LogP contribution is -2.51. The Morgan fingerprint density at radius 1 is 1.03 bits per heavy atom. The summed E-state index contributed by atoms with van der Waals surface area (Å²) in [4.78, 5) is 43.9. The van der Waals surface area contributed by atoms with E-state index in [0.29, 0.717) is 43.0 Å². The average Bonchev–Trinajstić information content (AvgIpc) is 3.22. The molecule has 1 aliphatic heterocycles. The van der Waals surface area contributed by atoms with E-state index in [1.165, 1.54) is 0 Å². The minimum atomic E-state index is -0.977. The Morgan fingerprint density at radius 2 is 1.71 bits per heavy atom. The fourth-order valence-electron chi connectivity index (χ4n) is 4.21. The normalized spacial score (nSPS) is 15.6. The van der Waals surface area contributed by atoms with Gasteiger partial charge in [-0.15, -0.1) is 0 Å². The molecule has 0 spiro atoms. The van der Waals surface area contributed by atoms with Gasteiger partial charge in [0.1, 0.15) is 11.6 Å². The van der Waals surface area contributed by atoms with Crippen LogP contribution < -0.4 is 5.32 Å². The van der Waals surface area contributed by atoms with E-state index < -0.39 is 23.7 Å². The number of carbonyl (C=O) groups excluding carboxylic acids is 2. The van der Waals surface area contributed by atoms with Gasteiger partial charge in [0.15, 0.2) is 0 Å². The number of hydrogen-bond acceptors (Lipinski definition) is 5. The number of H-pyrrole nitrogens is 1. The minimum Gasteiger partial charge on any atom is -0.480 e. The highest BCUT2D eigenvalue weighted by molar-refractivity contribution is 6.05. The van der Waals surface area contributed by atoms with Crippen LogP contribution in [0.5, 0.6) is 0 Å². The quantitative estimate of drug-likeness (QED) is 0.509. The molecule has 3 aromatic rings. The number of ether oxygens (including phenoxy) is 1. The lowest BCUT2D eigenvalue weighted by atomic mass is 10.0. The Bertz CT molecular complexity index is 1220. The largest absolute Gasteiger partial charge is 0.480 e. The first-order valence-corrected chi connectivity index (χ1v) is 11.5. The van der Waals surface area contributed by atoms with E-state index in [0.717, 1.165) is 10.9 Å². The first-order valence-electron chi connectivity index (χ1n) is 11.5. The van der Waals surface area contributed by atoms with E-state index in [-0.39, 0.29) is 5.91 Å². The summed E-state index contributed by atoms with van der Waals surface area (Å²) in [6, 6.07) is 13.4. The van der Waals surface area contributed by atoms with Crippen molar-refractivity contribution in [3.8, 4) is 0 Å². The zero-order valence-electron chi connectivity index (χ0n) is 20.1. The smallest absolute Gasteiger partial charge is 0.410 e. The van der Waals surface area contributed by atoms with Gasteiger partial charge in [-0.25, -0.2) is 4.79 Å². The van der Waals surface area contributed by atoms with Crippen LogP contribution in [0.2, 0.25) is 0 Å². The Morgan fingerprint density at radius 3 is 2.34 bits per heavy atom. The highest BCUT2D eigenvalue weighted by Crippen LogP contribution is 2.31. The number of aromatic amines is 1. The Labute approximate surface area is 203 Å². The van der Waals surface area contributed by atoms with Crippen molar-refractivity contribution < 1.29 is 24.2 Å². The number of carboxylic acid groups (broad SMARTS) is 1. The van der Waals surface area contributed by atoms with E-state index in [1.54, 1.807) is 47.5 Å². The van der Waals surface area contributed by atoms with Crippen molar-refractivity contribution in [2.45, 2.75) is 32.4 Å². The lowest BCUT2D eigenvalue weighted by Gasteiger charge is -2.38. The van der Waals surface area contributed by atoms with Crippen molar-refractivity contribution in [2.24, 2.45) is 0 Å². The van der Waals surface area contributed by atoms with Crippen LogP contribution in [-0.4, -0.2) is 69.6 Å². The summed E-state index contributed by atoms with van der Waals surface area (Å²) in [6.45, 7) is 6.99. The second-order valence-corrected chi connectivity index (χ2v) is 9.57. The van der Waals surface area contributed by atoms with Crippen molar-refractivity contribution in [1.82, 2.24) is 14.8 Å². The van der Waals surface area contributed by atoms with Gasteiger partial charge in [0, 0.05) is 60.1 Å². The predicted molar refractivity (Wildman–Crippen MR) is 132 cm³/mol. The second kappa shape index (κ2) is 9.79. The molecule has 9 nitrogen and oxygen atoms in total. The van der Waals surface area contributed by atoms with Crippen molar-refractivity contribution in [3.05, 3.63) is 65.9 Å². The van der Waals surface area contributed by atoms with Gasteiger partial charge in [0.2, 0.25) is 0 Å². The van der Waals surface area contributed by atoms with Gasteiger partial charge in [0.05, 0.1) is 0 Å². The fraction of sp³-hybridized carbons (Fsp3) is 0.346. The van der Waals surface area contributed by atoms with Gasteiger partial charge in [-0.05, 0) is 51.1 Å². The molecule has 1 fully saturated rings. The summed E-state index contributed by atoms with van der Waals surface area (Å²) < 4.78 is 5.44. The summed E-state index contributed by atoms with van der Waals surface area (Å²) in [7, 11) is 0. The zero-order chi connectivity index (χ0) is 25.2. The maximum Gasteiger partial charge on any atom is 0.410 e. The van der Waals surface area contributed by atoms with Gasteiger partial charge in [-0.2, -0.15) is 0 Å². The van der Waals surface area contributed by atoms with Crippen LogP contribution in [0.25, 0.3) is 10.9 Å². The first kappa shape index (κ1) is 24.3. The Hall–Kier alpha value is -3.85. The van der Waals surface area contributed by atoms with E-state index in [9.17, 15) is 19.5 Å². The molecule has 184 valence electrons. The third-order valence-electron chi connectivity index (χ3n) is 5.87. The molecule has 1 aliphatic rings. The molecule has 0 bridgehead atoms. The molecule has 1 unspecified atom stereocenters. The number of nitrogens with one attached hydrogen (secondary N) is 2. The summed E-state index contributed by atoms with van der Waals surface area (Å²) in [5.41, 5.74) is 1.90. The molecular weight excluding hydrogens is 448 g/mol. The summed E-state index contributed by atoms with van der Waals surface area (Å²) >= 11 is 0. The van der Waals surface area contributed by atoms with Crippen molar-refractivity contribution in [1.29, 1.82) is 0 Å². The van der Waals surface area contributed by atoms with Gasteiger partial charge >= 0.3 is 12.1 Å². The molecule has 3 N–H and O–H groups in total. The zero-order valence-corrected chi connectivity index (χ0v) is 20.1. The van der Waals surface area contributed by atoms with Crippen LogP contribution >= 0.6 is 0 Å². The van der Waals surface area contributed by atoms with Crippen molar-refractivity contribution in [3.63, 3.8) is 0 Å². The number of benzene rings is 2. The molecule has 2 heterocycles. The maximum absolute atomic E-state index is 12.6. The van der Waals surface area contributed by atoms with E-state index >= 15 is 0 Å². The van der Waals surface area contributed by atoms with E-state index in [2.05, 4.69) is 10.3 Å².